The van der Waals surface area contributed by atoms with Crippen LogP contribution in [0, 0.1) is 51.2 Å². The van der Waals surface area contributed by atoms with Crippen LogP contribution in [0.25, 0.3) is 0 Å². The van der Waals surface area contributed by atoms with Crippen molar-refractivity contribution in [2.75, 3.05) is 0 Å². The molecule has 5 aliphatic carbocycles. The second-order valence-electron chi connectivity index (χ2n) is 15.7. The highest BCUT2D eigenvalue weighted by atomic mass is 16.6. The molecule has 0 radical (unpaired) electrons. The second-order valence-corrected chi connectivity index (χ2v) is 15.7. The number of carbonyl (C=O) groups excluding carboxylic acids is 1. The van der Waals surface area contributed by atoms with E-state index in [1.807, 2.05) is 0 Å². The van der Waals surface area contributed by atoms with Crippen molar-refractivity contribution >= 4 is 5.97 Å². The van der Waals surface area contributed by atoms with Crippen molar-refractivity contribution in [3.63, 3.8) is 0 Å². The number of fused-ring (bicyclic) bond motifs is 2. The molecule has 8 bridgehead atoms. The molecule has 5 nitrogen and oxygen atoms in total. The topological polar surface area (TPSA) is 67.8 Å². The average molecular weight is 514 g/mol. The first-order valence-corrected chi connectivity index (χ1v) is 15.7. The molecule has 5 heteroatoms. The zero-order valence-electron chi connectivity index (χ0n) is 24.1. The Morgan fingerprint density at radius 2 is 1.84 bits per heavy atom. The summed E-state index contributed by atoms with van der Waals surface area (Å²) in [5.74, 6) is 3.05. The lowest BCUT2D eigenvalue weighted by Crippen LogP contribution is -2.80. The minimum Gasteiger partial charge on any atom is -0.462 e. The van der Waals surface area contributed by atoms with E-state index in [2.05, 4.69) is 39.9 Å². The molecule has 5 saturated carbocycles. The van der Waals surface area contributed by atoms with E-state index in [1.54, 1.807) is 0 Å². The maximum Gasteiger partial charge on any atom is 0.302 e. The van der Waals surface area contributed by atoms with Gasteiger partial charge in [-0.25, -0.2) is 0 Å². The third-order valence-electron chi connectivity index (χ3n) is 14.6. The SMILES string of the molecule is CC(=O)O[C@H]1CCC2(C)O[C@@H](O)[C@@]1(C)[C@H]2CC[C@]12[C@@H]3CCC[C@@]34CC[C@@H]3[C@H]4N[C@H]1[C@@H](C(C)C)CC[C@]32C. The molecular weight excluding hydrogens is 462 g/mol. The molecule has 8 fully saturated rings. The Kier molecular flexibility index (Phi) is 5.31. The predicted molar refractivity (Wildman–Crippen MR) is 142 cm³/mol. The molecule has 37 heavy (non-hydrogen) atoms. The molecule has 2 N–H and O–H groups in total. The maximum atomic E-state index is 12.1. The summed E-state index contributed by atoms with van der Waals surface area (Å²) < 4.78 is 12.3. The molecule has 208 valence electrons. The molecule has 3 saturated heterocycles. The van der Waals surface area contributed by atoms with Crippen molar-refractivity contribution in [3.8, 4) is 0 Å². The summed E-state index contributed by atoms with van der Waals surface area (Å²) in [5.41, 5.74) is 0.348. The van der Waals surface area contributed by atoms with Gasteiger partial charge in [0.25, 0.3) is 0 Å². The molecule has 3 heterocycles. The highest BCUT2D eigenvalue weighted by molar-refractivity contribution is 5.66. The van der Waals surface area contributed by atoms with E-state index < -0.39 is 11.7 Å². The lowest BCUT2D eigenvalue weighted by atomic mass is 9.33. The van der Waals surface area contributed by atoms with Crippen LogP contribution in [0.2, 0.25) is 0 Å². The molecule has 0 aromatic heterocycles. The number of rotatable bonds is 5. The van der Waals surface area contributed by atoms with Gasteiger partial charge in [-0.1, -0.05) is 34.1 Å². The van der Waals surface area contributed by atoms with Crippen molar-refractivity contribution in [1.82, 2.24) is 5.32 Å². The number of hydrogen-bond acceptors (Lipinski definition) is 5. The van der Waals surface area contributed by atoms with Gasteiger partial charge in [-0.05, 0) is 111 Å². The van der Waals surface area contributed by atoms with E-state index in [4.69, 9.17) is 9.47 Å². The largest absolute Gasteiger partial charge is 0.462 e. The van der Waals surface area contributed by atoms with Crippen LogP contribution in [0.4, 0.5) is 0 Å². The van der Waals surface area contributed by atoms with Crippen molar-refractivity contribution in [2.24, 2.45) is 51.2 Å². The maximum absolute atomic E-state index is 12.1. The molecule has 0 amide bonds. The molecule has 8 aliphatic rings. The van der Waals surface area contributed by atoms with E-state index in [0.717, 1.165) is 43.1 Å². The summed E-state index contributed by atoms with van der Waals surface area (Å²) in [6, 6.07) is 1.34. The third-order valence-corrected chi connectivity index (χ3v) is 14.6. The number of aliphatic hydroxyl groups excluding tert-OH is 1. The molecule has 13 atom stereocenters. The number of aliphatic hydroxyl groups is 1. The summed E-state index contributed by atoms with van der Waals surface area (Å²) in [6.07, 6.45) is 12.6. The summed E-state index contributed by atoms with van der Waals surface area (Å²) in [7, 11) is 0. The Morgan fingerprint density at radius 3 is 2.57 bits per heavy atom. The third kappa shape index (κ3) is 2.81. The van der Waals surface area contributed by atoms with E-state index in [-0.39, 0.29) is 23.6 Å². The first-order chi connectivity index (χ1) is 17.4. The van der Waals surface area contributed by atoms with Crippen LogP contribution in [0.3, 0.4) is 0 Å². The van der Waals surface area contributed by atoms with Gasteiger partial charge in [-0.2, -0.15) is 0 Å². The number of hydrogen-bond donors (Lipinski definition) is 2. The molecule has 1 spiro atoms. The first kappa shape index (κ1) is 25.3. The van der Waals surface area contributed by atoms with Crippen LogP contribution in [0.5, 0.6) is 0 Å². The quantitative estimate of drug-likeness (QED) is 0.453. The average Bonchev–Trinajstić information content (AvgIpc) is 3.44. The molecule has 1 unspecified atom stereocenters. The van der Waals surface area contributed by atoms with Gasteiger partial charge in [0, 0.05) is 24.9 Å². The smallest absolute Gasteiger partial charge is 0.302 e. The van der Waals surface area contributed by atoms with Crippen molar-refractivity contribution in [1.29, 1.82) is 0 Å². The highest BCUT2D eigenvalue weighted by Crippen LogP contribution is 2.81. The fourth-order valence-electron chi connectivity index (χ4n) is 13.2. The number of esters is 1. The number of carbonyl (C=O) groups is 1. The Morgan fingerprint density at radius 1 is 1.05 bits per heavy atom. The predicted octanol–water partition coefficient (Wildman–Crippen LogP) is 5.83. The van der Waals surface area contributed by atoms with Gasteiger partial charge in [-0.15, -0.1) is 0 Å². The minimum atomic E-state index is -0.875. The van der Waals surface area contributed by atoms with Gasteiger partial charge in [0.2, 0.25) is 0 Å². The number of nitrogens with one attached hydrogen (secondary N) is 1. The molecule has 0 aromatic carbocycles. The lowest BCUT2D eigenvalue weighted by Gasteiger charge is -2.76. The Balaban J connectivity index is 1.30. The van der Waals surface area contributed by atoms with Crippen LogP contribution >= 0.6 is 0 Å². The Labute approximate surface area is 224 Å². The number of ether oxygens (including phenoxy) is 2. The van der Waals surface area contributed by atoms with Crippen LogP contribution < -0.4 is 5.32 Å². The van der Waals surface area contributed by atoms with Gasteiger partial charge in [-0.3, -0.25) is 4.79 Å². The van der Waals surface area contributed by atoms with Crippen LogP contribution in [0.1, 0.15) is 112 Å². The van der Waals surface area contributed by atoms with Crippen LogP contribution in [-0.2, 0) is 14.3 Å². The zero-order valence-corrected chi connectivity index (χ0v) is 24.1. The number of piperidine rings is 2. The van der Waals surface area contributed by atoms with Crippen LogP contribution in [-0.4, -0.2) is 41.2 Å². The van der Waals surface area contributed by atoms with Gasteiger partial charge >= 0.3 is 5.97 Å². The zero-order chi connectivity index (χ0) is 26.2. The first-order valence-electron chi connectivity index (χ1n) is 15.7. The second kappa shape index (κ2) is 7.75. The van der Waals surface area contributed by atoms with E-state index in [9.17, 15) is 9.90 Å². The fraction of sp³-hybridized carbons (Fsp3) is 0.969. The Bertz CT molecular complexity index is 984. The summed E-state index contributed by atoms with van der Waals surface area (Å²) in [4.78, 5) is 12.1. The van der Waals surface area contributed by atoms with E-state index in [1.165, 1.54) is 58.3 Å². The standard InChI is InChI=1S/C32H51NO4/c1-18(2)20-9-14-28(4)21-10-16-31-13-7-8-23(31)32(28,25(20)33-26(21)31)17-11-22-29(5)15-12-24(36-19(3)34)30(22,6)27(35)37-29/h18,20-27,33,35H,7-17H2,1-6H3/t20-,21-,22+,23-,24+,25+,26-,27-,28-,29?,30+,31-,32+/m1/s1. The molecule has 8 rings (SSSR count). The normalized spacial score (nSPS) is 59.1. The van der Waals surface area contributed by atoms with Gasteiger partial charge in [0.1, 0.15) is 6.10 Å². The van der Waals surface area contributed by atoms with Crippen molar-refractivity contribution in [2.45, 2.75) is 142 Å². The van der Waals surface area contributed by atoms with E-state index >= 15 is 0 Å². The molecule has 3 aliphatic heterocycles. The molecule has 0 aromatic rings. The van der Waals surface area contributed by atoms with Gasteiger partial charge in [0.15, 0.2) is 6.29 Å². The van der Waals surface area contributed by atoms with E-state index in [0.29, 0.717) is 28.2 Å². The fourth-order valence-corrected chi connectivity index (χ4v) is 13.2. The van der Waals surface area contributed by atoms with Crippen molar-refractivity contribution in [3.05, 3.63) is 0 Å². The van der Waals surface area contributed by atoms with Gasteiger partial charge in [0.05, 0.1) is 11.0 Å². The summed E-state index contributed by atoms with van der Waals surface area (Å²) in [6.45, 7) is 13.5. The van der Waals surface area contributed by atoms with Crippen molar-refractivity contribution < 1.29 is 19.4 Å². The highest BCUT2D eigenvalue weighted by Gasteiger charge is 2.80. The Hall–Kier alpha value is -0.650. The minimum absolute atomic E-state index is 0.193. The van der Waals surface area contributed by atoms with Gasteiger partial charge < -0.3 is 19.9 Å². The summed E-state index contributed by atoms with van der Waals surface area (Å²) >= 11 is 0. The lowest BCUT2D eigenvalue weighted by molar-refractivity contribution is -0.249. The summed E-state index contributed by atoms with van der Waals surface area (Å²) in [5, 5.41) is 15.7. The monoisotopic (exact) mass is 513 g/mol. The van der Waals surface area contributed by atoms with Crippen LogP contribution in [0.15, 0.2) is 0 Å². The molecular formula is C32H51NO4.